The van der Waals surface area contributed by atoms with Gasteiger partial charge in [-0.05, 0) is 25.0 Å². The van der Waals surface area contributed by atoms with Gasteiger partial charge >= 0.3 is 5.97 Å². The van der Waals surface area contributed by atoms with Crippen LogP contribution in [0.5, 0.6) is 0 Å². The molecule has 0 bridgehead atoms. The summed E-state index contributed by atoms with van der Waals surface area (Å²) in [5.74, 6) is -1.17. The number of amides is 1. The second kappa shape index (κ2) is 5.61. The van der Waals surface area contributed by atoms with Gasteiger partial charge in [0.15, 0.2) is 0 Å². The Morgan fingerprint density at radius 2 is 2.05 bits per heavy atom. The van der Waals surface area contributed by atoms with Crippen LogP contribution in [-0.4, -0.2) is 28.3 Å². The zero-order chi connectivity index (χ0) is 13.9. The van der Waals surface area contributed by atoms with E-state index in [-0.39, 0.29) is 18.1 Å². The number of carboxylic acids is 1. The number of rotatable bonds is 6. The van der Waals surface area contributed by atoms with Gasteiger partial charge in [0, 0.05) is 17.1 Å². The van der Waals surface area contributed by atoms with Crippen molar-refractivity contribution in [3.63, 3.8) is 0 Å². The molecule has 1 aromatic rings. The quantitative estimate of drug-likeness (QED) is 0.784. The van der Waals surface area contributed by atoms with E-state index in [1.165, 1.54) is 17.8 Å². The van der Waals surface area contributed by atoms with Crippen molar-refractivity contribution < 1.29 is 19.1 Å². The predicted octanol–water partition coefficient (Wildman–Crippen LogP) is 2.04. The fourth-order valence-electron chi connectivity index (χ4n) is 1.66. The maximum absolute atomic E-state index is 13.3. The van der Waals surface area contributed by atoms with Gasteiger partial charge in [0.1, 0.15) is 11.4 Å². The Labute approximate surface area is 114 Å². The van der Waals surface area contributed by atoms with Gasteiger partial charge in [-0.2, -0.15) is 0 Å². The molecule has 0 radical (unpaired) electrons. The van der Waals surface area contributed by atoms with Crippen molar-refractivity contribution in [2.24, 2.45) is 0 Å². The van der Waals surface area contributed by atoms with Crippen LogP contribution >= 0.6 is 11.8 Å². The van der Waals surface area contributed by atoms with E-state index in [4.69, 9.17) is 5.11 Å². The number of carbonyl (C=O) groups excluding carboxylic acids is 1. The summed E-state index contributed by atoms with van der Waals surface area (Å²) < 4.78 is 13.3. The molecule has 2 N–H and O–H groups in total. The molecule has 4 nitrogen and oxygen atoms in total. The molecule has 0 saturated heterocycles. The molecule has 102 valence electrons. The lowest BCUT2D eigenvalue weighted by Crippen LogP contribution is -2.43. The molecule has 0 unspecified atom stereocenters. The van der Waals surface area contributed by atoms with Gasteiger partial charge < -0.3 is 10.4 Å². The molecule has 0 aliphatic heterocycles. The Kier molecular flexibility index (Phi) is 4.09. The van der Waals surface area contributed by atoms with Gasteiger partial charge in [0.2, 0.25) is 5.91 Å². The van der Waals surface area contributed by atoms with Gasteiger partial charge in [-0.1, -0.05) is 12.1 Å². The first-order valence-electron chi connectivity index (χ1n) is 5.95. The standard InChI is InChI=1S/C13H14FNO3S/c14-9-3-1-2-4-10(9)19-8-5-11(16)15-13(6-7-13)12(17)18/h1-4H,5-8H2,(H,15,16)(H,17,18). The van der Waals surface area contributed by atoms with Gasteiger partial charge in [-0.25, -0.2) is 9.18 Å². The smallest absolute Gasteiger partial charge is 0.329 e. The highest BCUT2D eigenvalue weighted by Crippen LogP contribution is 2.35. The van der Waals surface area contributed by atoms with Gasteiger partial charge in [-0.3, -0.25) is 4.79 Å². The summed E-state index contributed by atoms with van der Waals surface area (Å²) in [6.07, 6.45) is 1.14. The molecule has 1 aromatic carbocycles. The molecule has 0 heterocycles. The van der Waals surface area contributed by atoms with Crippen LogP contribution in [0.3, 0.4) is 0 Å². The Bertz CT molecular complexity index is 502. The minimum atomic E-state index is -1.04. The monoisotopic (exact) mass is 283 g/mol. The Hall–Kier alpha value is -1.56. The molecule has 19 heavy (non-hydrogen) atoms. The number of carboxylic acid groups (broad SMARTS) is 1. The first-order valence-corrected chi connectivity index (χ1v) is 6.94. The van der Waals surface area contributed by atoms with Crippen LogP contribution in [0, 0.1) is 5.82 Å². The third kappa shape index (κ3) is 3.47. The van der Waals surface area contributed by atoms with E-state index in [0.29, 0.717) is 23.5 Å². The van der Waals surface area contributed by atoms with E-state index < -0.39 is 11.5 Å². The van der Waals surface area contributed by atoms with Crippen LogP contribution in [0.1, 0.15) is 19.3 Å². The topological polar surface area (TPSA) is 66.4 Å². The largest absolute Gasteiger partial charge is 0.480 e. The molecule has 6 heteroatoms. The number of halogens is 1. The predicted molar refractivity (Wildman–Crippen MR) is 69.5 cm³/mol. The van der Waals surface area contributed by atoms with Crippen LogP contribution in [0.4, 0.5) is 4.39 Å². The van der Waals surface area contributed by atoms with Crippen molar-refractivity contribution >= 4 is 23.6 Å². The minimum Gasteiger partial charge on any atom is -0.480 e. The second-order valence-corrected chi connectivity index (χ2v) is 5.60. The highest BCUT2D eigenvalue weighted by molar-refractivity contribution is 7.99. The van der Waals surface area contributed by atoms with E-state index >= 15 is 0 Å². The van der Waals surface area contributed by atoms with E-state index in [2.05, 4.69) is 5.32 Å². The molecule has 1 saturated carbocycles. The maximum atomic E-state index is 13.3. The first-order chi connectivity index (χ1) is 9.03. The SMILES string of the molecule is O=C(CCSc1ccccc1F)NC1(C(=O)O)CC1. The van der Waals surface area contributed by atoms with Crippen molar-refractivity contribution in [3.8, 4) is 0 Å². The summed E-state index contributed by atoms with van der Waals surface area (Å²) in [5.41, 5.74) is -1.04. The van der Waals surface area contributed by atoms with E-state index in [9.17, 15) is 14.0 Å². The summed E-state index contributed by atoms with van der Waals surface area (Å²) in [4.78, 5) is 23.0. The fraction of sp³-hybridized carbons (Fsp3) is 0.385. The number of hydrogen-bond donors (Lipinski definition) is 2. The second-order valence-electron chi connectivity index (χ2n) is 4.46. The molecule has 1 fully saturated rings. The van der Waals surface area contributed by atoms with E-state index in [0.717, 1.165) is 0 Å². The Balaban J connectivity index is 1.76. The van der Waals surface area contributed by atoms with Crippen LogP contribution in [0.25, 0.3) is 0 Å². The molecular formula is C13H14FNO3S. The van der Waals surface area contributed by atoms with Crippen molar-refractivity contribution in [3.05, 3.63) is 30.1 Å². The van der Waals surface area contributed by atoms with Crippen LogP contribution in [0.2, 0.25) is 0 Å². The summed E-state index contributed by atoms with van der Waals surface area (Å²) >= 11 is 1.25. The molecular weight excluding hydrogens is 269 g/mol. The number of thioether (sulfide) groups is 1. The lowest BCUT2D eigenvalue weighted by atomic mass is 10.2. The highest BCUT2D eigenvalue weighted by atomic mass is 32.2. The fourth-order valence-corrected chi connectivity index (χ4v) is 2.55. The van der Waals surface area contributed by atoms with Gasteiger partial charge in [-0.15, -0.1) is 11.8 Å². The van der Waals surface area contributed by atoms with Gasteiger partial charge in [0.25, 0.3) is 0 Å². The lowest BCUT2D eigenvalue weighted by molar-refractivity contribution is -0.143. The van der Waals surface area contributed by atoms with Crippen LogP contribution < -0.4 is 5.32 Å². The zero-order valence-electron chi connectivity index (χ0n) is 10.2. The molecule has 0 aromatic heterocycles. The summed E-state index contributed by atoms with van der Waals surface area (Å²) in [6.45, 7) is 0. The highest BCUT2D eigenvalue weighted by Gasteiger charge is 2.51. The number of nitrogens with one attached hydrogen (secondary N) is 1. The number of hydrogen-bond acceptors (Lipinski definition) is 3. The molecule has 2 rings (SSSR count). The average Bonchev–Trinajstić information content (AvgIpc) is 3.12. The minimum absolute atomic E-state index is 0.175. The van der Waals surface area contributed by atoms with Crippen LogP contribution in [-0.2, 0) is 9.59 Å². The summed E-state index contributed by atoms with van der Waals surface area (Å²) in [7, 11) is 0. The van der Waals surface area contributed by atoms with Crippen molar-refractivity contribution in [1.29, 1.82) is 0 Å². The van der Waals surface area contributed by atoms with Crippen molar-refractivity contribution in [2.45, 2.75) is 29.7 Å². The molecule has 1 aliphatic rings. The first kappa shape index (κ1) is 13.9. The maximum Gasteiger partial charge on any atom is 0.329 e. The third-order valence-corrected chi connectivity index (χ3v) is 4.01. The zero-order valence-corrected chi connectivity index (χ0v) is 11.0. The summed E-state index contributed by atoms with van der Waals surface area (Å²) in [6, 6.07) is 6.36. The average molecular weight is 283 g/mol. The lowest BCUT2D eigenvalue weighted by Gasteiger charge is -2.12. The summed E-state index contributed by atoms with van der Waals surface area (Å²) in [5, 5.41) is 11.4. The van der Waals surface area contributed by atoms with E-state index in [1.54, 1.807) is 18.2 Å². The number of carbonyl (C=O) groups is 2. The molecule has 1 amide bonds. The van der Waals surface area contributed by atoms with Gasteiger partial charge in [0.05, 0.1) is 0 Å². The Morgan fingerprint density at radius 3 is 2.63 bits per heavy atom. The molecule has 0 atom stereocenters. The molecule has 0 spiro atoms. The number of benzene rings is 1. The molecule has 1 aliphatic carbocycles. The van der Waals surface area contributed by atoms with Crippen molar-refractivity contribution in [1.82, 2.24) is 5.32 Å². The third-order valence-electron chi connectivity index (χ3n) is 2.96. The Morgan fingerprint density at radius 1 is 1.37 bits per heavy atom. The normalized spacial score (nSPS) is 15.8. The van der Waals surface area contributed by atoms with Crippen molar-refractivity contribution in [2.75, 3.05) is 5.75 Å². The van der Waals surface area contributed by atoms with E-state index in [1.807, 2.05) is 0 Å². The number of aliphatic carboxylic acids is 1. The van der Waals surface area contributed by atoms with Crippen LogP contribution in [0.15, 0.2) is 29.2 Å².